The fourth-order valence-corrected chi connectivity index (χ4v) is 2.72. The van der Waals surface area contributed by atoms with E-state index in [1.54, 1.807) is 0 Å². The molecule has 0 aromatic heterocycles. The molecule has 2 saturated heterocycles. The number of rotatable bonds is 1. The molecular formula is C11H21NO2. The first kappa shape index (κ1) is 10.4. The van der Waals surface area contributed by atoms with Crippen molar-refractivity contribution in [2.24, 2.45) is 0 Å². The van der Waals surface area contributed by atoms with Gasteiger partial charge in [0.05, 0.1) is 17.8 Å². The zero-order valence-corrected chi connectivity index (χ0v) is 8.96. The molecular weight excluding hydrogens is 178 g/mol. The molecule has 2 heterocycles. The normalized spacial score (nSPS) is 37.3. The van der Waals surface area contributed by atoms with Crippen LogP contribution in [0.5, 0.6) is 0 Å². The first-order valence-electron chi connectivity index (χ1n) is 5.81. The van der Waals surface area contributed by atoms with Gasteiger partial charge in [0.25, 0.3) is 0 Å². The summed E-state index contributed by atoms with van der Waals surface area (Å²) in [5.41, 5.74) is -0.0103. The van der Waals surface area contributed by atoms with Crippen LogP contribution in [0.25, 0.3) is 0 Å². The number of nitrogens with one attached hydrogen (secondary N) is 1. The average Bonchev–Trinajstić information content (AvgIpc) is 2.17. The number of piperidine rings is 1. The van der Waals surface area contributed by atoms with Crippen molar-refractivity contribution in [3.8, 4) is 0 Å². The SMILES string of the molecule is CC[C@H]1C[C@@H](O)CC2(CCNCC2)O1. The largest absolute Gasteiger partial charge is 0.393 e. The van der Waals surface area contributed by atoms with Gasteiger partial charge in [0.15, 0.2) is 0 Å². The van der Waals surface area contributed by atoms with Crippen molar-refractivity contribution >= 4 is 0 Å². The molecule has 0 amide bonds. The predicted octanol–water partition coefficient (Wildman–Crippen LogP) is 1.06. The summed E-state index contributed by atoms with van der Waals surface area (Å²) in [6, 6.07) is 0. The molecule has 3 nitrogen and oxygen atoms in total. The Labute approximate surface area is 85.8 Å². The Morgan fingerprint density at radius 1 is 1.43 bits per heavy atom. The highest BCUT2D eigenvalue weighted by atomic mass is 16.5. The molecule has 0 aliphatic carbocycles. The Bertz CT molecular complexity index is 190. The predicted molar refractivity (Wildman–Crippen MR) is 55.2 cm³/mol. The quantitative estimate of drug-likeness (QED) is 0.663. The van der Waals surface area contributed by atoms with Gasteiger partial charge in [-0.1, -0.05) is 6.92 Å². The molecule has 82 valence electrons. The summed E-state index contributed by atoms with van der Waals surface area (Å²) in [5, 5.41) is 13.2. The van der Waals surface area contributed by atoms with E-state index in [2.05, 4.69) is 12.2 Å². The van der Waals surface area contributed by atoms with E-state index in [1.807, 2.05) is 0 Å². The van der Waals surface area contributed by atoms with Crippen molar-refractivity contribution in [3.05, 3.63) is 0 Å². The van der Waals surface area contributed by atoms with Gasteiger partial charge in [-0.15, -0.1) is 0 Å². The highest BCUT2D eigenvalue weighted by molar-refractivity contribution is 4.93. The third-order valence-corrected chi connectivity index (χ3v) is 3.53. The van der Waals surface area contributed by atoms with Crippen molar-refractivity contribution in [3.63, 3.8) is 0 Å². The van der Waals surface area contributed by atoms with Crippen molar-refractivity contribution in [2.45, 2.75) is 56.8 Å². The third-order valence-electron chi connectivity index (χ3n) is 3.53. The second kappa shape index (κ2) is 4.17. The maximum absolute atomic E-state index is 9.83. The van der Waals surface area contributed by atoms with Crippen LogP contribution in [0, 0.1) is 0 Å². The van der Waals surface area contributed by atoms with Crippen LogP contribution in [0.3, 0.4) is 0 Å². The van der Waals surface area contributed by atoms with Crippen LogP contribution in [0.2, 0.25) is 0 Å². The summed E-state index contributed by atoms with van der Waals surface area (Å²) >= 11 is 0. The summed E-state index contributed by atoms with van der Waals surface area (Å²) in [6.07, 6.45) is 4.92. The molecule has 1 spiro atoms. The Morgan fingerprint density at radius 2 is 2.14 bits per heavy atom. The third kappa shape index (κ3) is 2.10. The van der Waals surface area contributed by atoms with Gasteiger partial charge in [-0.25, -0.2) is 0 Å². The van der Waals surface area contributed by atoms with E-state index in [-0.39, 0.29) is 17.8 Å². The van der Waals surface area contributed by atoms with Crippen molar-refractivity contribution < 1.29 is 9.84 Å². The molecule has 14 heavy (non-hydrogen) atoms. The monoisotopic (exact) mass is 199 g/mol. The molecule has 0 aromatic carbocycles. The van der Waals surface area contributed by atoms with Crippen molar-refractivity contribution in [2.75, 3.05) is 13.1 Å². The highest BCUT2D eigenvalue weighted by Gasteiger charge is 2.41. The summed E-state index contributed by atoms with van der Waals surface area (Å²) in [6.45, 7) is 4.20. The van der Waals surface area contributed by atoms with Crippen LogP contribution in [-0.4, -0.2) is 36.0 Å². The minimum atomic E-state index is -0.146. The van der Waals surface area contributed by atoms with Crippen LogP contribution in [0.1, 0.15) is 39.0 Å². The fraction of sp³-hybridized carbons (Fsp3) is 1.00. The summed E-state index contributed by atoms with van der Waals surface area (Å²) in [4.78, 5) is 0. The van der Waals surface area contributed by atoms with E-state index in [9.17, 15) is 5.11 Å². The number of hydrogen-bond acceptors (Lipinski definition) is 3. The van der Waals surface area contributed by atoms with Crippen molar-refractivity contribution in [1.82, 2.24) is 5.32 Å². The van der Waals surface area contributed by atoms with Gasteiger partial charge >= 0.3 is 0 Å². The zero-order valence-electron chi connectivity index (χ0n) is 8.96. The molecule has 0 aromatic rings. The van der Waals surface area contributed by atoms with Crippen LogP contribution in [0.4, 0.5) is 0 Å². The molecule has 0 radical (unpaired) electrons. The average molecular weight is 199 g/mol. The van der Waals surface area contributed by atoms with Crippen LogP contribution >= 0.6 is 0 Å². The molecule has 2 fully saturated rings. The van der Waals surface area contributed by atoms with Gasteiger partial charge in [-0.05, 0) is 38.8 Å². The van der Waals surface area contributed by atoms with E-state index in [1.165, 1.54) is 0 Å². The van der Waals surface area contributed by atoms with E-state index in [0.29, 0.717) is 0 Å². The molecule has 0 saturated carbocycles. The lowest BCUT2D eigenvalue weighted by Gasteiger charge is -2.45. The maximum atomic E-state index is 9.83. The van der Waals surface area contributed by atoms with Crippen molar-refractivity contribution in [1.29, 1.82) is 0 Å². The summed E-state index contributed by atoms with van der Waals surface area (Å²) in [7, 11) is 0. The summed E-state index contributed by atoms with van der Waals surface area (Å²) in [5.74, 6) is 0. The molecule has 2 aliphatic heterocycles. The first-order valence-corrected chi connectivity index (χ1v) is 5.81. The molecule has 0 bridgehead atoms. The molecule has 2 N–H and O–H groups in total. The lowest BCUT2D eigenvalue weighted by atomic mass is 9.82. The second-order valence-corrected chi connectivity index (χ2v) is 4.67. The van der Waals surface area contributed by atoms with E-state index >= 15 is 0 Å². The maximum Gasteiger partial charge on any atom is 0.0735 e. The molecule has 2 rings (SSSR count). The molecule has 2 atom stereocenters. The van der Waals surface area contributed by atoms with Crippen LogP contribution in [-0.2, 0) is 4.74 Å². The van der Waals surface area contributed by atoms with E-state index in [4.69, 9.17) is 4.74 Å². The number of ether oxygens (including phenoxy) is 1. The van der Waals surface area contributed by atoms with Gasteiger partial charge in [0, 0.05) is 6.42 Å². The molecule has 0 unspecified atom stereocenters. The zero-order chi connectivity index (χ0) is 10.0. The smallest absolute Gasteiger partial charge is 0.0735 e. The van der Waals surface area contributed by atoms with Gasteiger partial charge in [0.1, 0.15) is 0 Å². The second-order valence-electron chi connectivity index (χ2n) is 4.67. The summed E-state index contributed by atoms with van der Waals surface area (Å²) < 4.78 is 6.13. The minimum absolute atomic E-state index is 0.0103. The minimum Gasteiger partial charge on any atom is -0.393 e. The number of aliphatic hydroxyl groups is 1. The van der Waals surface area contributed by atoms with Crippen LogP contribution < -0.4 is 5.32 Å². The van der Waals surface area contributed by atoms with Gasteiger partial charge < -0.3 is 15.2 Å². The highest BCUT2D eigenvalue weighted by Crippen LogP contribution is 2.36. The Morgan fingerprint density at radius 3 is 2.79 bits per heavy atom. The van der Waals surface area contributed by atoms with Gasteiger partial charge in [0.2, 0.25) is 0 Å². The lowest BCUT2D eigenvalue weighted by Crippen LogP contribution is -2.51. The Hall–Kier alpha value is -0.120. The van der Waals surface area contributed by atoms with Crippen LogP contribution in [0.15, 0.2) is 0 Å². The van der Waals surface area contributed by atoms with E-state index < -0.39 is 0 Å². The number of hydrogen-bond donors (Lipinski definition) is 2. The Balaban J connectivity index is 2.02. The number of aliphatic hydroxyl groups excluding tert-OH is 1. The Kier molecular flexibility index (Phi) is 3.10. The van der Waals surface area contributed by atoms with Gasteiger partial charge in [-0.3, -0.25) is 0 Å². The topological polar surface area (TPSA) is 41.5 Å². The standard InChI is InChI=1S/C11H21NO2/c1-2-10-7-9(13)8-11(14-10)3-5-12-6-4-11/h9-10,12-13H,2-8H2,1H3/t9-,10+/m1/s1. The van der Waals surface area contributed by atoms with E-state index in [0.717, 1.165) is 45.2 Å². The molecule has 2 aliphatic rings. The molecule has 3 heteroatoms. The lowest BCUT2D eigenvalue weighted by molar-refractivity contribution is -0.173. The first-order chi connectivity index (χ1) is 6.74. The fourth-order valence-electron chi connectivity index (χ4n) is 2.72. The van der Waals surface area contributed by atoms with Gasteiger partial charge in [-0.2, -0.15) is 0 Å².